The van der Waals surface area contributed by atoms with Gasteiger partial charge in [-0.25, -0.2) is 4.39 Å². The number of halogens is 1. The Kier molecular flexibility index (Phi) is 9.51. The van der Waals surface area contributed by atoms with Gasteiger partial charge in [-0.1, -0.05) is 103 Å². The van der Waals surface area contributed by atoms with Crippen LogP contribution in [-0.2, 0) is 18.5 Å². The number of pyridine rings is 1. The van der Waals surface area contributed by atoms with Crippen molar-refractivity contribution in [2.45, 2.75) is 25.4 Å². The molecule has 0 aliphatic carbocycles. The fourth-order valence-corrected chi connectivity index (χ4v) is 6.09. The molecule has 0 unspecified atom stereocenters. The van der Waals surface area contributed by atoms with Gasteiger partial charge in [-0.15, -0.1) is 0 Å². The van der Waals surface area contributed by atoms with Crippen molar-refractivity contribution in [2.24, 2.45) is 0 Å². The van der Waals surface area contributed by atoms with Crippen LogP contribution >= 0.6 is 0 Å². The predicted molar refractivity (Wildman–Crippen MR) is 190 cm³/mol. The van der Waals surface area contributed by atoms with Crippen LogP contribution in [0, 0.1) is 18.2 Å². The second kappa shape index (κ2) is 14.2. The predicted octanol–water partition coefficient (Wildman–Crippen LogP) is 8.26. The Bertz CT molecular complexity index is 1850. The molecule has 6 rings (SSSR count). The van der Waals surface area contributed by atoms with Crippen molar-refractivity contribution in [2.75, 3.05) is 17.6 Å². The van der Waals surface area contributed by atoms with Crippen molar-refractivity contribution < 1.29 is 4.39 Å². The van der Waals surface area contributed by atoms with E-state index < -0.39 is 5.54 Å². The van der Waals surface area contributed by atoms with Gasteiger partial charge in [-0.05, 0) is 84.1 Å². The van der Waals surface area contributed by atoms with E-state index in [9.17, 15) is 9.80 Å². The van der Waals surface area contributed by atoms with Gasteiger partial charge in [0.15, 0.2) is 0 Å². The zero-order valence-corrected chi connectivity index (χ0v) is 26.4. The summed E-state index contributed by atoms with van der Waals surface area (Å²) in [5.41, 5.74) is 15.3. The Labute approximate surface area is 275 Å². The van der Waals surface area contributed by atoms with Gasteiger partial charge in [0.1, 0.15) is 11.4 Å². The largest absolute Gasteiger partial charge is 0.398 e. The number of nitrogens with one attached hydrogen (secondary N) is 3. The lowest BCUT2D eigenvalue weighted by Gasteiger charge is -2.38. The summed E-state index contributed by atoms with van der Waals surface area (Å²) in [6.45, 7) is 3.21. The summed E-state index contributed by atoms with van der Waals surface area (Å²) < 4.78 is 13.4. The van der Waals surface area contributed by atoms with E-state index in [0.717, 1.165) is 50.3 Å². The zero-order chi connectivity index (χ0) is 32.6. The average Bonchev–Trinajstić information content (AvgIpc) is 3.11. The smallest absolute Gasteiger partial charge is 0.123 e. The summed E-state index contributed by atoms with van der Waals surface area (Å²) >= 11 is 0. The Hall–Kier alpha value is -5.59. The van der Waals surface area contributed by atoms with Gasteiger partial charge >= 0.3 is 0 Å². The monoisotopic (exact) mass is 619 g/mol. The summed E-state index contributed by atoms with van der Waals surface area (Å²) in [6.07, 6.45) is 2.40. The number of hydrogen-bond donors (Lipinski definition) is 4. The highest BCUT2D eigenvalue weighted by Gasteiger charge is 2.37. The first kappa shape index (κ1) is 31.4. The first-order chi connectivity index (χ1) is 22.9. The van der Waals surface area contributed by atoms with Crippen LogP contribution < -0.4 is 16.4 Å². The summed E-state index contributed by atoms with van der Waals surface area (Å²) in [4.78, 5) is 4.37. The van der Waals surface area contributed by atoms with Gasteiger partial charge < -0.3 is 16.4 Å². The highest BCUT2D eigenvalue weighted by Crippen LogP contribution is 2.41. The molecule has 5 nitrogen and oxygen atoms in total. The number of hydrogen-bond acceptors (Lipinski definition) is 5. The number of benzene rings is 5. The van der Waals surface area contributed by atoms with Crippen LogP contribution in [0.1, 0.15) is 44.6 Å². The molecule has 5 aromatic carbocycles. The molecule has 0 saturated carbocycles. The molecule has 1 heterocycles. The maximum atomic E-state index is 13.4. The van der Waals surface area contributed by atoms with Gasteiger partial charge in [0, 0.05) is 40.9 Å². The Morgan fingerprint density at radius 3 is 1.89 bits per heavy atom. The summed E-state index contributed by atoms with van der Waals surface area (Å²) in [5, 5.41) is 16.9. The van der Waals surface area contributed by atoms with E-state index >= 15 is 0 Å². The van der Waals surface area contributed by atoms with E-state index in [1.807, 2.05) is 49.4 Å². The molecular formula is C41H38FN5. The van der Waals surface area contributed by atoms with E-state index in [0.29, 0.717) is 30.9 Å². The molecule has 6 heteroatoms. The lowest BCUT2D eigenvalue weighted by molar-refractivity contribution is 0.625. The van der Waals surface area contributed by atoms with Crippen LogP contribution in [0.25, 0.3) is 0 Å². The Balaban J connectivity index is 1.45. The minimum atomic E-state index is -0.794. The highest BCUT2D eigenvalue weighted by atomic mass is 19.1. The molecule has 0 fully saturated rings. The molecule has 0 bridgehead atoms. The van der Waals surface area contributed by atoms with Gasteiger partial charge in [-0.3, -0.25) is 10.4 Å². The third kappa shape index (κ3) is 6.98. The molecule has 0 atom stereocenters. The van der Waals surface area contributed by atoms with Crippen molar-refractivity contribution in [3.8, 4) is 0 Å². The van der Waals surface area contributed by atoms with Crippen molar-refractivity contribution in [1.29, 1.82) is 5.41 Å². The van der Waals surface area contributed by atoms with E-state index in [4.69, 9.17) is 5.73 Å². The van der Waals surface area contributed by atoms with Crippen molar-refractivity contribution in [3.63, 3.8) is 0 Å². The molecular weight excluding hydrogens is 581 g/mol. The zero-order valence-electron chi connectivity index (χ0n) is 26.4. The van der Waals surface area contributed by atoms with E-state index in [-0.39, 0.29) is 5.82 Å². The second-order valence-corrected chi connectivity index (χ2v) is 11.7. The minimum absolute atomic E-state index is 0.245. The summed E-state index contributed by atoms with van der Waals surface area (Å²) in [5.74, 6) is -0.245. The fraction of sp³-hybridized carbons (Fsp3) is 0.122. The molecule has 0 spiro atoms. The molecule has 1 aromatic heterocycles. The lowest BCUT2D eigenvalue weighted by atomic mass is 9.76. The molecule has 6 aromatic rings. The first-order valence-electron chi connectivity index (χ1n) is 15.8. The number of aryl methyl sites for hydroxylation is 1. The van der Waals surface area contributed by atoms with Crippen molar-refractivity contribution in [3.05, 3.63) is 196 Å². The maximum absolute atomic E-state index is 13.4. The molecule has 47 heavy (non-hydrogen) atoms. The average molecular weight is 620 g/mol. The van der Waals surface area contributed by atoms with Crippen LogP contribution in [-0.4, -0.2) is 17.2 Å². The number of aromatic nitrogens is 1. The Morgan fingerprint density at radius 1 is 0.766 bits per heavy atom. The maximum Gasteiger partial charge on any atom is 0.123 e. The molecule has 0 aliphatic rings. The molecule has 0 radical (unpaired) electrons. The van der Waals surface area contributed by atoms with Gasteiger partial charge in [0.05, 0.1) is 5.71 Å². The van der Waals surface area contributed by atoms with Gasteiger partial charge in [0.2, 0.25) is 0 Å². The second-order valence-electron chi connectivity index (χ2n) is 11.7. The van der Waals surface area contributed by atoms with E-state index in [1.165, 1.54) is 12.1 Å². The fourth-order valence-electron chi connectivity index (χ4n) is 6.09. The van der Waals surface area contributed by atoms with Crippen LogP contribution in [0.2, 0.25) is 0 Å². The molecule has 0 amide bonds. The van der Waals surface area contributed by atoms with Gasteiger partial charge in [0.25, 0.3) is 0 Å². The topological polar surface area (TPSA) is 86.8 Å². The summed E-state index contributed by atoms with van der Waals surface area (Å²) in [7, 11) is 0. The Morgan fingerprint density at radius 2 is 1.34 bits per heavy atom. The third-order valence-corrected chi connectivity index (χ3v) is 8.49. The van der Waals surface area contributed by atoms with E-state index in [2.05, 4.69) is 88.4 Å². The quantitative estimate of drug-likeness (QED) is 0.0481. The highest BCUT2D eigenvalue weighted by molar-refractivity contribution is 6.14. The number of rotatable bonds is 12. The minimum Gasteiger partial charge on any atom is -0.398 e. The van der Waals surface area contributed by atoms with Crippen LogP contribution in [0.4, 0.5) is 15.8 Å². The molecule has 234 valence electrons. The number of nitrogen functional groups attached to an aromatic ring is 1. The number of anilines is 2. The number of nitrogens with two attached hydrogens (primary N) is 1. The summed E-state index contributed by atoms with van der Waals surface area (Å²) in [6, 6.07) is 45.5. The lowest BCUT2D eigenvalue weighted by Crippen LogP contribution is -2.38. The third-order valence-electron chi connectivity index (χ3n) is 8.49. The van der Waals surface area contributed by atoms with E-state index in [1.54, 1.807) is 18.3 Å². The van der Waals surface area contributed by atoms with Gasteiger partial charge in [-0.2, -0.15) is 0 Å². The first-order valence-corrected chi connectivity index (χ1v) is 15.8. The standard InChI is InChI=1S/C41H38FN5/c1-29-25-32(22-24-46-29)40(44)37-26-31(21-23-45-28-30-17-19-36(42)20-18-30)38(43)27-39(37)47-41(33-11-5-2-6-12-33,34-13-7-3-8-14-34)35-15-9-4-10-16-35/h2-20,22,24-27,44-45,47H,21,23,28,43H2,1H3. The van der Waals surface area contributed by atoms with Crippen LogP contribution in [0.15, 0.2) is 146 Å². The molecule has 5 N–H and O–H groups in total. The van der Waals surface area contributed by atoms with Crippen molar-refractivity contribution in [1.82, 2.24) is 10.3 Å². The van der Waals surface area contributed by atoms with Crippen molar-refractivity contribution >= 4 is 17.1 Å². The normalized spacial score (nSPS) is 11.3. The number of nitrogens with zero attached hydrogens (tertiary/aromatic N) is 1. The molecule has 0 aliphatic heterocycles. The van der Waals surface area contributed by atoms with Crippen LogP contribution in [0.5, 0.6) is 0 Å². The molecule has 0 saturated heterocycles. The SMILES string of the molecule is Cc1cc(C(=N)c2cc(CCNCc3ccc(F)cc3)c(N)cc2NC(c2ccccc2)(c2ccccc2)c2ccccc2)ccn1. The van der Waals surface area contributed by atoms with Crippen LogP contribution in [0.3, 0.4) is 0 Å².